The maximum atomic E-state index is 13.6. The van der Waals surface area contributed by atoms with Crippen LogP contribution in [-0.4, -0.2) is 32.2 Å². The van der Waals surface area contributed by atoms with Gasteiger partial charge in [-0.2, -0.15) is 0 Å². The van der Waals surface area contributed by atoms with E-state index in [1.54, 1.807) is 11.2 Å². The zero-order valence-electron chi connectivity index (χ0n) is 20.3. The zero-order chi connectivity index (χ0) is 24.8. The summed E-state index contributed by atoms with van der Waals surface area (Å²) in [6, 6.07) is 15.9. The Labute approximate surface area is 215 Å². The third-order valence-corrected chi connectivity index (χ3v) is 7.13. The van der Waals surface area contributed by atoms with Gasteiger partial charge in [0.1, 0.15) is 12.1 Å². The molecule has 4 aromatic rings. The molecule has 1 fully saturated rings. The van der Waals surface area contributed by atoms with Crippen molar-refractivity contribution < 1.29 is 4.79 Å². The van der Waals surface area contributed by atoms with Crippen LogP contribution in [-0.2, 0) is 20.1 Å². The number of hydrogen-bond donors (Lipinski definition) is 1. The summed E-state index contributed by atoms with van der Waals surface area (Å²) in [6.07, 6.45) is 4.31. The predicted molar refractivity (Wildman–Crippen MR) is 141 cm³/mol. The number of aryl methyl sites for hydroxylation is 2. The van der Waals surface area contributed by atoms with Crippen molar-refractivity contribution >= 4 is 23.3 Å². The number of halogens is 1. The SMILES string of the molecule is Cc1cc(CNCC2CC2)cc(N2Cc3ccc(-c4ccc(Cl)cc4-c4nncn4C)cc3C2=O)n1. The molecule has 7 nitrogen and oxygen atoms in total. The van der Waals surface area contributed by atoms with Crippen LogP contribution in [0.1, 0.15) is 40.0 Å². The molecule has 0 spiro atoms. The van der Waals surface area contributed by atoms with Gasteiger partial charge in [0.15, 0.2) is 5.82 Å². The molecule has 0 saturated heterocycles. The molecular weight excluding hydrogens is 472 g/mol. The maximum absolute atomic E-state index is 13.6. The first-order valence-corrected chi connectivity index (χ1v) is 12.6. The molecule has 8 heteroatoms. The average Bonchev–Trinajstić information content (AvgIpc) is 3.49. The number of hydrogen-bond acceptors (Lipinski definition) is 5. The molecule has 2 aromatic carbocycles. The Hall–Kier alpha value is -3.55. The van der Waals surface area contributed by atoms with Gasteiger partial charge in [0, 0.05) is 35.4 Å². The van der Waals surface area contributed by atoms with E-state index in [-0.39, 0.29) is 5.91 Å². The van der Waals surface area contributed by atoms with Crippen LogP contribution in [0.25, 0.3) is 22.5 Å². The number of aromatic nitrogens is 4. The van der Waals surface area contributed by atoms with Crippen LogP contribution >= 0.6 is 11.6 Å². The molecule has 182 valence electrons. The predicted octanol–water partition coefficient (Wildman–Crippen LogP) is 5.17. The Morgan fingerprint density at radius 1 is 1.06 bits per heavy atom. The van der Waals surface area contributed by atoms with E-state index >= 15 is 0 Å². The quantitative estimate of drug-likeness (QED) is 0.380. The Bertz CT molecular complexity index is 1470. The van der Waals surface area contributed by atoms with Crippen LogP contribution in [0, 0.1) is 12.8 Å². The van der Waals surface area contributed by atoms with E-state index in [4.69, 9.17) is 16.6 Å². The van der Waals surface area contributed by atoms with Crippen molar-refractivity contribution in [2.75, 3.05) is 11.4 Å². The molecule has 1 aliphatic carbocycles. The number of nitrogens with zero attached hydrogens (tertiary/aromatic N) is 5. The molecule has 0 atom stereocenters. The maximum Gasteiger partial charge on any atom is 0.260 e. The fourth-order valence-electron chi connectivity index (χ4n) is 4.84. The summed E-state index contributed by atoms with van der Waals surface area (Å²) >= 11 is 6.32. The van der Waals surface area contributed by atoms with Crippen molar-refractivity contribution in [2.24, 2.45) is 13.0 Å². The van der Waals surface area contributed by atoms with Gasteiger partial charge in [-0.3, -0.25) is 9.69 Å². The van der Waals surface area contributed by atoms with Gasteiger partial charge < -0.3 is 9.88 Å². The minimum atomic E-state index is -0.0315. The molecule has 6 rings (SSSR count). The number of amides is 1. The van der Waals surface area contributed by atoms with E-state index in [1.807, 2.05) is 54.9 Å². The molecule has 0 bridgehead atoms. The number of carbonyl (C=O) groups is 1. The lowest BCUT2D eigenvalue weighted by Gasteiger charge is -2.17. The first-order chi connectivity index (χ1) is 17.5. The topological polar surface area (TPSA) is 75.9 Å². The number of anilines is 1. The number of fused-ring (bicyclic) bond motifs is 1. The smallest absolute Gasteiger partial charge is 0.260 e. The minimum Gasteiger partial charge on any atom is -0.317 e. The van der Waals surface area contributed by atoms with Gasteiger partial charge in [0.2, 0.25) is 0 Å². The van der Waals surface area contributed by atoms with Gasteiger partial charge >= 0.3 is 0 Å². The number of benzene rings is 2. The minimum absolute atomic E-state index is 0.0315. The summed E-state index contributed by atoms with van der Waals surface area (Å²) in [5, 5.41) is 12.4. The lowest BCUT2D eigenvalue weighted by atomic mass is 9.96. The summed E-state index contributed by atoms with van der Waals surface area (Å²) in [4.78, 5) is 20.0. The van der Waals surface area contributed by atoms with Gasteiger partial charge in [0.05, 0.1) is 6.54 Å². The summed E-state index contributed by atoms with van der Waals surface area (Å²) < 4.78 is 1.86. The van der Waals surface area contributed by atoms with Gasteiger partial charge in [0.25, 0.3) is 5.91 Å². The molecule has 1 N–H and O–H groups in total. The first kappa shape index (κ1) is 22.9. The van der Waals surface area contributed by atoms with Gasteiger partial charge in [-0.1, -0.05) is 29.8 Å². The van der Waals surface area contributed by atoms with E-state index in [0.29, 0.717) is 28.8 Å². The zero-order valence-corrected chi connectivity index (χ0v) is 21.1. The van der Waals surface area contributed by atoms with Gasteiger partial charge in [-0.05, 0) is 84.8 Å². The average molecular weight is 499 g/mol. The summed E-state index contributed by atoms with van der Waals surface area (Å²) in [5.74, 6) is 2.21. The summed E-state index contributed by atoms with van der Waals surface area (Å²) in [5.41, 5.74) is 6.50. The molecule has 1 aliphatic heterocycles. The normalized spacial score (nSPS) is 15.0. The van der Waals surface area contributed by atoms with Crippen molar-refractivity contribution in [1.29, 1.82) is 0 Å². The largest absolute Gasteiger partial charge is 0.317 e. The second kappa shape index (κ2) is 9.15. The Balaban J connectivity index is 1.30. The molecular formula is C28H27ClN6O. The Morgan fingerprint density at radius 3 is 2.69 bits per heavy atom. The van der Waals surface area contributed by atoms with Crippen LogP contribution < -0.4 is 10.2 Å². The first-order valence-electron chi connectivity index (χ1n) is 12.2. The molecule has 2 aliphatic rings. The standard InChI is InChI=1S/C28H27ClN6O/c1-17-9-19(14-30-13-18-3-4-18)10-26(32-17)35-15-21-6-5-20(11-24(21)28(35)36)23-8-7-22(29)12-25(23)27-33-31-16-34(27)2/h5-12,16,18,30H,3-4,13-15H2,1-2H3. The second-order valence-electron chi connectivity index (χ2n) is 9.77. The van der Waals surface area contributed by atoms with Crippen LogP contribution in [0.3, 0.4) is 0 Å². The second-order valence-corrected chi connectivity index (χ2v) is 10.2. The lowest BCUT2D eigenvalue weighted by Crippen LogP contribution is -2.25. The molecule has 36 heavy (non-hydrogen) atoms. The number of pyridine rings is 1. The van der Waals surface area contributed by atoms with E-state index in [2.05, 4.69) is 27.6 Å². The van der Waals surface area contributed by atoms with Crippen molar-refractivity contribution in [3.05, 3.63) is 82.3 Å². The van der Waals surface area contributed by atoms with Crippen molar-refractivity contribution in [2.45, 2.75) is 32.9 Å². The van der Waals surface area contributed by atoms with Gasteiger partial charge in [-0.25, -0.2) is 4.98 Å². The van der Waals surface area contributed by atoms with E-state index in [1.165, 1.54) is 12.8 Å². The molecule has 0 radical (unpaired) electrons. The highest BCUT2D eigenvalue weighted by Crippen LogP contribution is 2.36. The van der Waals surface area contributed by atoms with Gasteiger partial charge in [-0.15, -0.1) is 10.2 Å². The fourth-order valence-corrected chi connectivity index (χ4v) is 5.01. The van der Waals surface area contributed by atoms with Crippen molar-refractivity contribution in [3.8, 4) is 22.5 Å². The molecule has 3 heterocycles. The van der Waals surface area contributed by atoms with Crippen LogP contribution in [0.2, 0.25) is 5.02 Å². The number of nitrogens with one attached hydrogen (secondary N) is 1. The van der Waals surface area contributed by atoms with Crippen LogP contribution in [0.15, 0.2) is 54.9 Å². The van der Waals surface area contributed by atoms with Crippen LogP contribution in [0.5, 0.6) is 0 Å². The number of rotatable bonds is 7. The molecule has 0 unspecified atom stereocenters. The Morgan fingerprint density at radius 2 is 1.92 bits per heavy atom. The fraction of sp³-hybridized carbons (Fsp3) is 0.286. The monoisotopic (exact) mass is 498 g/mol. The lowest BCUT2D eigenvalue weighted by molar-refractivity contribution is 0.0996. The highest BCUT2D eigenvalue weighted by molar-refractivity contribution is 6.31. The summed E-state index contributed by atoms with van der Waals surface area (Å²) in [6.45, 7) is 4.33. The highest BCUT2D eigenvalue weighted by atomic mass is 35.5. The summed E-state index contributed by atoms with van der Waals surface area (Å²) in [7, 11) is 1.90. The van der Waals surface area contributed by atoms with E-state index < -0.39 is 0 Å². The molecule has 2 aromatic heterocycles. The van der Waals surface area contributed by atoms with Crippen molar-refractivity contribution in [3.63, 3.8) is 0 Å². The van der Waals surface area contributed by atoms with Crippen LogP contribution in [0.4, 0.5) is 5.82 Å². The molecule has 1 amide bonds. The van der Waals surface area contributed by atoms with Crippen molar-refractivity contribution in [1.82, 2.24) is 25.1 Å². The highest BCUT2D eigenvalue weighted by Gasteiger charge is 2.30. The van der Waals surface area contributed by atoms with E-state index in [9.17, 15) is 4.79 Å². The third-order valence-electron chi connectivity index (χ3n) is 6.89. The number of carbonyl (C=O) groups excluding carboxylic acids is 1. The third kappa shape index (κ3) is 4.40. The molecule has 1 saturated carbocycles. The Kier molecular flexibility index (Phi) is 5.82. The van der Waals surface area contributed by atoms with E-state index in [0.717, 1.165) is 52.5 Å².